The summed E-state index contributed by atoms with van der Waals surface area (Å²) in [4.78, 5) is 0.412. The molecule has 0 aromatic heterocycles. The van der Waals surface area contributed by atoms with Gasteiger partial charge in [-0.1, -0.05) is 48.8 Å². The average molecular weight is 341 g/mol. The van der Waals surface area contributed by atoms with Gasteiger partial charge in [0, 0.05) is 17.9 Å². The molecule has 3 heteroatoms. The van der Waals surface area contributed by atoms with Crippen molar-refractivity contribution in [3.63, 3.8) is 0 Å². The van der Waals surface area contributed by atoms with Gasteiger partial charge < -0.3 is 9.47 Å². The first-order valence-corrected chi connectivity index (χ1v) is 8.28. The lowest BCUT2D eigenvalue weighted by molar-refractivity contribution is -0.0728. The Bertz CT molecular complexity index is 465. The van der Waals surface area contributed by atoms with Crippen LogP contribution in [0.5, 0.6) is 5.75 Å². The van der Waals surface area contributed by atoms with Gasteiger partial charge in [0.25, 0.3) is 0 Å². The molecule has 20 heavy (non-hydrogen) atoms. The molecule has 0 spiro atoms. The Morgan fingerprint density at radius 2 is 2.00 bits per heavy atom. The van der Waals surface area contributed by atoms with Crippen molar-refractivity contribution in [3.05, 3.63) is 29.3 Å². The molecule has 1 aliphatic rings. The number of hydrogen-bond acceptors (Lipinski definition) is 2. The Kier molecular flexibility index (Phi) is 4.80. The van der Waals surface area contributed by atoms with E-state index in [0.717, 1.165) is 18.8 Å². The van der Waals surface area contributed by atoms with Crippen molar-refractivity contribution in [3.8, 4) is 5.75 Å². The maximum Gasteiger partial charge on any atom is 0.127 e. The highest BCUT2D eigenvalue weighted by Gasteiger charge is 2.42. The summed E-state index contributed by atoms with van der Waals surface area (Å²) in [5.41, 5.74) is 2.58. The molecule has 3 unspecified atom stereocenters. The minimum atomic E-state index is 0.0850. The Balaban J connectivity index is 2.19. The Hall–Kier alpha value is -0.540. The highest BCUT2D eigenvalue weighted by molar-refractivity contribution is 9.09. The third-order valence-electron chi connectivity index (χ3n) is 3.76. The van der Waals surface area contributed by atoms with Gasteiger partial charge in [-0.15, -0.1) is 0 Å². The topological polar surface area (TPSA) is 18.5 Å². The molecule has 1 saturated carbocycles. The number of benzene rings is 1. The number of rotatable bonds is 4. The second-order valence-corrected chi connectivity index (χ2v) is 7.75. The molecule has 1 aromatic carbocycles. The van der Waals surface area contributed by atoms with Crippen LogP contribution in [-0.4, -0.2) is 23.6 Å². The van der Waals surface area contributed by atoms with Crippen molar-refractivity contribution in [1.29, 1.82) is 0 Å². The van der Waals surface area contributed by atoms with E-state index >= 15 is 0 Å². The predicted octanol–water partition coefficient (Wildman–Crippen LogP) is 4.61. The van der Waals surface area contributed by atoms with Crippen LogP contribution in [0.1, 0.15) is 45.2 Å². The standard InChI is InChI=1S/C17H25BrO2/c1-6-19-16-13(18)10-15(16)20-14-9-11(2)7-8-12(14)17(3,4)5/h7-9,13,15-16H,6,10H2,1-5H3. The molecular weight excluding hydrogens is 316 g/mol. The summed E-state index contributed by atoms with van der Waals surface area (Å²) in [7, 11) is 0. The van der Waals surface area contributed by atoms with Crippen LogP contribution in [0.4, 0.5) is 0 Å². The summed E-state index contributed by atoms with van der Waals surface area (Å²) >= 11 is 3.65. The molecule has 3 atom stereocenters. The van der Waals surface area contributed by atoms with Gasteiger partial charge in [-0.25, -0.2) is 0 Å². The zero-order valence-electron chi connectivity index (χ0n) is 13.1. The van der Waals surface area contributed by atoms with Gasteiger partial charge in [0.05, 0.1) is 0 Å². The number of ether oxygens (including phenoxy) is 2. The van der Waals surface area contributed by atoms with E-state index in [-0.39, 0.29) is 17.6 Å². The molecule has 0 radical (unpaired) electrons. The second kappa shape index (κ2) is 6.07. The summed E-state index contributed by atoms with van der Waals surface area (Å²) in [6.07, 6.45) is 1.32. The van der Waals surface area contributed by atoms with Crippen molar-refractivity contribution < 1.29 is 9.47 Å². The van der Waals surface area contributed by atoms with Crippen LogP contribution in [-0.2, 0) is 10.2 Å². The van der Waals surface area contributed by atoms with Crippen LogP contribution >= 0.6 is 15.9 Å². The van der Waals surface area contributed by atoms with Gasteiger partial charge >= 0.3 is 0 Å². The van der Waals surface area contributed by atoms with Gasteiger partial charge in [0.1, 0.15) is 18.0 Å². The van der Waals surface area contributed by atoms with Gasteiger partial charge in [-0.2, -0.15) is 0 Å². The van der Waals surface area contributed by atoms with E-state index in [4.69, 9.17) is 9.47 Å². The van der Waals surface area contributed by atoms with Gasteiger partial charge in [0.15, 0.2) is 0 Å². The maximum atomic E-state index is 6.27. The zero-order chi connectivity index (χ0) is 14.9. The summed E-state index contributed by atoms with van der Waals surface area (Å²) in [6, 6.07) is 6.48. The molecule has 0 N–H and O–H groups in total. The smallest absolute Gasteiger partial charge is 0.127 e. The average Bonchev–Trinajstić information content (AvgIpc) is 2.34. The lowest BCUT2D eigenvalue weighted by Gasteiger charge is -2.41. The lowest BCUT2D eigenvalue weighted by atomic mass is 9.85. The highest BCUT2D eigenvalue weighted by atomic mass is 79.9. The molecule has 0 bridgehead atoms. The number of hydrogen-bond donors (Lipinski definition) is 0. The summed E-state index contributed by atoms with van der Waals surface area (Å²) < 4.78 is 12.0. The monoisotopic (exact) mass is 340 g/mol. The van der Waals surface area contributed by atoms with Crippen LogP contribution in [0, 0.1) is 6.92 Å². The first kappa shape index (κ1) is 15.8. The minimum Gasteiger partial charge on any atom is -0.487 e. The molecule has 1 fully saturated rings. The van der Waals surface area contributed by atoms with E-state index in [2.05, 4.69) is 61.8 Å². The van der Waals surface area contributed by atoms with Crippen LogP contribution in [0.15, 0.2) is 18.2 Å². The van der Waals surface area contributed by atoms with Gasteiger partial charge in [-0.05, 0) is 36.5 Å². The first-order chi connectivity index (χ1) is 9.32. The van der Waals surface area contributed by atoms with Crippen molar-refractivity contribution in [2.45, 2.75) is 63.5 Å². The quantitative estimate of drug-likeness (QED) is 0.745. The minimum absolute atomic E-state index is 0.0850. The molecule has 112 valence electrons. The zero-order valence-corrected chi connectivity index (χ0v) is 14.7. The molecule has 1 aromatic rings. The highest BCUT2D eigenvalue weighted by Crippen LogP contribution is 2.38. The van der Waals surface area contributed by atoms with Crippen LogP contribution in [0.3, 0.4) is 0 Å². The van der Waals surface area contributed by atoms with Crippen molar-refractivity contribution in [2.75, 3.05) is 6.61 Å². The number of alkyl halides is 1. The molecule has 0 aliphatic heterocycles. The largest absolute Gasteiger partial charge is 0.487 e. The molecule has 0 saturated heterocycles. The van der Waals surface area contributed by atoms with Crippen molar-refractivity contribution in [2.24, 2.45) is 0 Å². The van der Waals surface area contributed by atoms with E-state index < -0.39 is 0 Å². The SMILES string of the molecule is CCOC1C(Br)CC1Oc1cc(C)ccc1C(C)(C)C. The van der Waals surface area contributed by atoms with Crippen LogP contribution < -0.4 is 4.74 Å². The third-order valence-corrected chi connectivity index (χ3v) is 4.66. The summed E-state index contributed by atoms with van der Waals surface area (Å²) in [5.74, 6) is 1.01. The van der Waals surface area contributed by atoms with E-state index in [1.807, 2.05) is 6.92 Å². The fourth-order valence-electron chi connectivity index (χ4n) is 2.56. The Morgan fingerprint density at radius 3 is 2.55 bits per heavy atom. The predicted molar refractivity (Wildman–Crippen MR) is 87.0 cm³/mol. The van der Waals surface area contributed by atoms with Crippen molar-refractivity contribution >= 4 is 15.9 Å². The van der Waals surface area contributed by atoms with E-state index in [1.165, 1.54) is 11.1 Å². The second-order valence-electron chi connectivity index (χ2n) is 6.58. The van der Waals surface area contributed by atoms with E-state index in [1.54, 1.807) is 0 Å². The lowest BCUT2D eigenvalue weighted by Crippen LogP contribution is -2.52. The van der Waals surface area contributed by atoms with Gasteiger partial charge in [-0.3, -0.25) is 0 Å². The molecule has 0 amide bonds. The normalized spacial score (nSPS) is 26.2. The fraction of sp³-hybridized carbons (Fsp3) is 0.647. The number of aryl methyl sites for hydroxylation is 1. The van der Waals surface area contributed by atoms with Gasteiger partial charge in [0.2, 0.25) is 0 Å². The maximum absolute atomic E-state index is 6.27. The summed E-state index contributed by atoms with van der Waals surface area (Å²) in [5, 5.41) is 0. The molecular formula is C17H25BrO2. The number of halogens is 1. The fourth-order valence-corrected chi connectivity index (χ4v) is 3.42. The van der Waals surface area contributed by atoms with Crippen molar-refractivity contribution in [1.82, 2.24) is 0 Å². The molecule has 2 nitrogen and oxygen atoms in total. The first-order valence-electron chi connectivity index (χ1n) is 7.36. The van der Waals surface area contributed by atoms with E-state index in [9.17, 15) is 0 Å². The van der Waals surface area contributed by atoms with Crippen LogP contribution in [0.25, 0.3) is 0 Å². The summed E-state index contributed by atoms with van der Waals surface area (Å²) in [6.45, 7) is 11.5. The van der Waals surface area contributed by atoms with E-state index in [0.29, 0.717) is 4.83 Å². The Morgan fingerprint density at radius 1 is 1.30 bits per heavy atom. The van der Waals surface area contributed by atoms with Crippen LogP contribution in [0.2, 0.25) is 0 Å². The third kappa shape index (κ3) is 3.37. The molecule has 0 heterocycles. The molecule has 2 rings (SSSR count). The Labute approximate surface area is 131 Å². The molecule has 1 aliphatic carbocycles.